The Balaban J connectivity index is 0.000000346. The SMILES string of the molecule is CC(C)(O)c1ncc(SN)s1.CCc1cc(OC(F)F)cc(C(C)C)c1NC(N)=O. The van der Waals surface area contributed by atoms with E-state index in [9.17, 15) is 18.7 Å². The van der Waals surface area contributed by atoms with Gasteiger partial charge in [-0.05, 0) is 61.4 Å². The Hall–Kier alpha value is -1.95. The van der Waals surface area contributed by atoms with Gasteiger partial charge in [-0.3, -0.25) is 5.14 Å². The molecule has 0 bridgehead atoms. The summed E-state index contributed by atoms with van der Waals surface area (Å²) in [5.41, 5.74) is 6.29. The van der Waals surface area contributed by atoms with Gasteiger partial charge in [0.1, 0.15) is 16.4 Å². The highest BCUT2D eigenvalue weighted by Crippen LogP contribution is 2.33. The van der Waals surface area contributed by atoms with Crippen molar-refractivity contribution in [3.8, 4) is 5.75 Å². The standard InChI is InChI=1S/C13H18F2N2O2.C6H10N2OS2/c1-4-8-5-9(19-12(14)15)6-10(7(2)3)11(8)17-13(16)18;1-6(2,9)5-8-3-4(10-5)11-7/h5-7,12H,4H2,1-3H3,(H3,16,17,18);3,9H,7H2,1-2H3. The summed E-state index contributed by atoms with van der Waals surface area (Å²) in [6, 6.07) is 2.31. The van der Waals surface area contributed by atoms with Crippen LogP contribution in [0.2, 0.25) is 0 Å². The molecule has 0 fully saturated rings. The molecule has 2 amide bonds. The number of amides is 2. The number of carbonyl (C=O) groups is 1. The van der Waals surface area contributed by atoms with Crippen molar-refractivity contribution in [2.45, 2.75) is 63.4 Å². The first kappa shape index (κ1) is 26.1. The number of aryl methyl sites for hydroxylation is 1. The molecular weight excluding hydrogens is 434 g/mol. The fourth-order valence-corrected chi connectivity index (χ4v) is 3.67. The molecule has 0 radical (unpaired) electrons. The lowest BCUT2D eigenvalue weighted by molar-refractivity contribution is -0.0499. The van der Waals surface area contributed by atoms with Crippen LogP contribution in [0.3, 0.4) is 0 Å². The second-order valence-corrected chi connectivity index (χ2v) is 9.05. The van der Waals surface area contributed by atoms with Crippen molar-refractivity contribution in [2.24, 2.45) is 10.9 Å². The zero-order valence-corrected chi connectivity index (χ0v) is 19.2. The van der Waals surface area contributed by atoms with Crippen LogP contribution in [0.5, 0.6) is 5.75 Å². The van der Waals surface area contributed by atoms with Crippen molar-refractivity contribution < 1.29 is 23.4 Å². The van der Waals surface area contributed by atoms with E-state index in [-0.39, 0.29) is 11.7 Å². The van der Waals surface area contributed by atoms with Gasteiger partial charge in [-0.25, -0.2) is 9.78 Å². The molecule has 0 atom stereocenters. The molecule has 0 spiro atoms. The van der Waals surface area contributed by atoms with E-state index >= 15 is 0 Å². The normalized spacial score (nSPS) is 11.3. The van der Waals surface area contributed by atoms with Crippen LogP contribution < -0.4 is 20.9 Å². The average Bonchev–Trinajstić information content (AvgIpc) is 3.11. The molecule has 7 nitrogen and oxygen atoms in total. The number of nitrogens with zero attached hydrogens (tertiary/aromatic N) is 1. The molecule has 0 aliphatic rings. The number of hydrogen-bond donors (Lipinski definition) is 4. The maximum atomic E-state index is 12.3. The number of benzene rings is 1. The number of halogens is 2. The Morgan fingerprint density at radius 1 is 1.40 bits per heavy atom. The minimum absolute atomic E-state index is 0.0355. The zero-order valence-electron chi connectivity index (χ0n) is 17.5. The molecule has 1 aromatic carbocycles. The Morgan fingerprint density at radius 3 is 2.40 bits per heavy atom. The highest BCUT2D eigenvalue weighted by atomic mass is 32.2. The molecule has 0 aliphatic heterocycles. The summed E-state index contributed by atoms with van der Waals surface area (Å²) < 4.78 is 29.9. The molecule has 1 aromatic heterocycles. The number of thiazole rings is 1. The smallest absolute Gasteiger partial charge is 0.387 e. The molecule has 6 N–H and O–H groups in total. The topological polar surface area (TPSA) is 123 Å². The fraction of sp³-hybridized carbons (Fsp3) is 0.474. The van der Waals surface area contributed by atoms with E-state index in [0.717, 1.165) is 16.2 Å². The maximum Gasteiger partial charge on any atom is 0.387 e. The third-order valence-electron chi connectivity index (χ3n) is 3.82. The van der Waals surface area contributed by atoms with Gasteiger partial charge in [0.15, 0.2) is 0 Å². The summed E-state index contributed by atoms with van der Waals surface area (Å²) in [6.07, 6.45) is 2.23. The van der Waals surface area contributed by atoms with Crippen molar-refractivity contribution >= 4 is 35.0 Å². The van der Waals surface area contributed by atoms with E-state index in [4.69, 9.17) is 10.9 Å². The van der Waals surface area contributed by atoms with Crippen molar-refractivity contribution in [2.75, 3.05) is 5.32 Å². The maximum absolute atomic E-state index is 12.3. The van der Waals surface area contributed by atoms with Gasteiger partial charge in [0.05, 0.1) is 10.4 Å². The highest BCUT2D eigenvalue weighted by molar-refractivity contribution is 7.99. The van der Waals surface area contributed by atoms with Crippen LogP contribution in [-0.2, 0) is 12.0 Å². The number of urea groups is 1. The zero-order chi connectivity index (χ0) is 23.1. The molecule has 0 saturated carbocycles. The van der Waals surface area contributed by atoms with Crippen molar-refractivity contribution in [3.63, 3.8) is 0 Å². The van der Waals surface area contributed by atoms with Crippen molar-refractivity contribution in [1.82, 2.24) is 4.98 Å². The summed E-state index contributed by atoms with van der Waals surface area (Å²) >= 11 is 2.57. The van der Waals surface area contributed by atoms with E-state index in [0.29, 0.717) is 28.2 Å². The lowest BCUT2D eigenvalue weighted by Gasteiger charge is -2.19. The van der Waals surface area contributed by atoms with E-state index in [1.165, 1.54) is 23.5 Å². The van der Waals surface area contributed by atoms with Gasteiger partial charge < -0.3 is 20.9 Å². The van der Waals surface area contributed by atoms with Crippen molar-refractivity contribution in [3.05, 3.63) is 34.5 Å². The predicted octanol–water partition coefficient (Wildman–Crippen LogP) is 4.80. The second-order valence-electron chi connectivity index (χ2n) is 7.08. The molecule has 1 heterocycles. The van der Waals surface area contributed by atoms with Crippen LogP contribution in [0.4, 0.5) is 19.3 Å². The summed E-state index contributed by atoms with van der Waals surface area (Å²) in [5.74, 6) is 0.124. The van der Waals surface area contributed by atoms with Crippen LogP contribution in [0.1, 0.15) is 56.7 Å². The number of nitrogens with two attached hydrogens (primary N) is 2. The fourth-order valence-electron chi connectivity index (χ4n) is 2.47. The van der Waals surface area contributed by atoms with E-state index < -0.39 is 18.2 Å². The molecular formula is C19H28F2N4O3S2. The molecule has 0 saturated heterocycles. The predicted molar refractivity (Wildman–Crippen MR) is 117 cm³/mol. The minimum Gasteiger partial charge on any atom is -0.435 e. The van der Waals surface area contributed by atoms with Gasteiger partial charge in [-0.15, -0.1) is 11.3 Å². The van der Waals surface area contributed by atoms with Gasteiger partial charge >= 0.3 is 12.6 Å². The number of rotatable bonds is 7. The molecule has 0 aliphatic carbocycles. The molecule has 30 heavy (non-hydrogen) atoms. The Kier molecular flexibility index (Phi) is 9.95. The monoisotopic (exact) mass is 462 g/mol. The molecule has 0 unspecified atom stereocenters. The molecule has 2 rings (SSSR count). The Labute approximate surface area is 183 Å². The molecule has 168 valence electrons. The third kappa shape index (κ3) is 8.05. The summed E-state index contributed by atoms with van der Waals surface area (Å²) in [7, 11) is 0. The Bertz CT molecular complexity index is 840. The van der Waals surface area contributed by atoms with E-state index in [1.807, 2.05) is 20.8 Å². The summed E-state index contributed by atoms with van der Waals surface area (Å²) in [4.78, 5) is 15.1. The van der Waals surface area contributed by atoms with Gasteiger partial charge in [0.25, 0.3) is 0 Å². The van der Waals surface area contributed by atoms with Gasteiger partial charge in [0.2, 0.25) is 0 Å². The Morgan fingerprint density at radius 2 is 2.03 bits per heavy atom. The van der Waals surface area contributed by atoms with Crippen LogP contribution in [-0.4, -0.2) is 22.7 Å². The van der Waals surface area contributed by atoms with Crippen LogP contribution in [0.25, 0.3) is 0 Å². The number of carbonyl (C=O) groups excluding carboxylic acids is 1. The molecule has 2 aromatic rings. The first-order chi connectivity index (χ1) is 13.9. The first-order valence-electron chi connectivity index (χ1n) is 9.12. The number of aliphatic hydroxyl groups is 1. The minimum atomic E-state index is -2.88. The number of aromatic nitrogens is 1. The van der Waals surface area contributed by atoms with Crippen LogP contribution in [0.15, 0.2) is 22.5 Å². The quantitative estimate of drug-likeness (QED) is 0.438. The first-order valence-corrected chi connectivity index (χ1v) is 10.8. The van der Waals surface area contributed by atoms with E-state index in [2.05, 4.69) is 15.0 Å². The summed E-state index contributed by atoms with van der Waals surface area (Å²) in [6.45, 7) is 6.19. The van der Waals surface area contributed by atoms with Gasteiger partial charge in [-0.2, -0.15) is 8.78 Å². The number of alkyl halides is 2. The summed E-state index contributed by atoms with van der Waals surface area (Å²) in [5, 5.41) is 18.1. The lowest BCUT2D eigenvalue weighted by Crippen LogP contribution is -2.21. The van der Waals surface area contributed by atoms with Gasteiger partial charge in [0, 0.05) is 5.69 Å². The second kappa shape index (κ2) is 11.4. The number of hydrogen-bond acceptors (Lipinski definition) is 7. The third-order valence-corrected chi connectivity index (χ3v) is 5.81. The van der Waals surface area contributed by atoms with Crippen LogP contribution >= 0.6 is 23.3 Å². The number of ether oxygens (including phenoxy) is 1. The number of primary amides is 1. The number of nitrogens with one attached hydrogen (secondary N) is 1. The average molecular weight is 463 g/mol. The van der Waals surface area contributed by atoms with Crippen molar-refractivity contribution in [1.29, 1.82) is 0 Å². The number of anilines is 1. The lowest BCUT2D eigenvalue weighted by atomic mass is 9.96. The van der Waals surface area contributed by atoms with E-state index in [1.54, 1.807) is 20.0 Å². The van der Waals surface area contributed by atoms with Crippen LogP contribution in [0, 0.1) is 0 Å². The molecule has 11 heteroatoms. The largest absolute Gasteiger partial charge is 0.435 e. The van der Waals surface area contributed by atoms with Gasteiger partial charge in [-0.1, -0.05) is 20.8 Å². The highest BCUT2D eigenvalue weighted by Gasteiger charge is 2.20.